The average Bonchev–Trinajstić information content (AvgIpc) is 2.97. The van der Waals surface area contributed by atoms with E-state index in [4.69, 9.17) is 4.74 Å². The zero-order chi connectivity index (χ0) is 15.0. The summed E-state index contributed by atoms with van der Waals surface area (Å²) in [5.74, 6) is 0.219. The summed E-state index contributed by atoms with van der Waals surface area (Å²) in [4.78, 5) is 17.4. The van der Waals surface area contributed by atoms with Gasteiger partial charge in [-0.1, -0.05) is 11.3 Å². The molecule has 1 aliphatic rings. The van der Waals surface area contributed by atoms with Crippen molar-refractivity contribution in [3.8, 4) is 0 Å². The first-order valence-electron chi connectivity index (χ1n) is 6.61. The van der Waals surface area contributed by atoms with Crippen LogP contribution in [0.4, 0.5) is 11.6 Å². The predicted molar refractivity (Wildman–Crippen MR) is 78.0 cm³/mol. The fourth-order valence-corrected chi connectivity index (χ4v) is 3.32. The topological polar surface area (TPSA) is 93.1 Å². The van der Waals surface area contributed by atoms with Crippen molar-refractivity contribution in [2.24, 2.45) is 0 Å². The number of likely N-dealkylation sites (N-methyl/N-ethyl adjacent to an activating group) is 1. The number of thiazole rings is 1. The third-order valence-electron chi connectivity index (χ3n) is 3.71. The summed E-state index contributed by atoms with van der Waals surface area (Å²) in [6.45, 7) is 1.30. The number of aliphatic hydroxyl groups is 1. The number of aromatic nitrogens is 2. The van der Waals surface area contributed by atoms with Gasteiger partial charge >= 0.3 is 5.82 Å². The smallest absolute Gasteiger partial charge is 0.373 e. The number of rotatable bonds is 4. The van der Waals surface area contributed by atoms with Crippen LogP contribution in [0.3, 0.4) is 0 Å². The monoisotopic (exact) mass is 312 g/mol. The van der Waals surface area contributed by atoms with Crippen LogP contribution in [-0.4, -0.2) is 51.8 Å². The zero-order valence-electron chi connectivity index (χ0n) is 11.6. The molecule has 1 N–H and O–H groups in total. The molecule has 0 aliphatic carbocycles. The first-order valence-corrected chi connectivity index (χ1v) is 7.49. The highest BCUT2D eigenvalue weighted by atomic mass is 32.1. The maximum absolute atomic E-state index is 11.3. The molecule has 1 aliphatic heterocycles. The van der Waals surface area contributed by atoms with Gasteiger partial charge in [0.15, 0.2) is 0 Å². The van der Waals surface area contributed by atoms with Crippen LogP contribution in [-0.2, 0) is 4.74 Å². The van der Waals surface area contributed by atoms with E-state index in [9.17, 15) is 15.2 Å². The molecule has 2 aromatic rings. The molecule has 0 aromatic carbocycles. The first kappa shape index (κ1) is 14.2. The van der Waals surface area contributed by atoms with E-state index in [0.717, 1.165) is 0 Å². The first-order chi connectivity index (χ1) is 10.0. The van der Waals surface area contributed by atoms with Gasteiger partial charge in [-0.15, -0.1) is 0 Å². The van der Waals surface area contributed by atoms with E-state index in [-0.39, 0.29) is 11.6 Å². The molecule has 0 radical (unpaired) electrons. The fourth-order valence-electron chi connectivity index (χ4n) is 2.61. The molecule has 21 heavy (non-hydrogen) atoms. The number of anilines is 1. The van der Waals surface area contributed by atoms with E-state index in [1.54, 1.807) is 23.5 Å². The minimum Gasteiger partial charge on any atom is -0.388 e. The SMILES string of the molecule is CN(CC1(O)CCOCC1)c1nc2sccn2c1[N+](=O)[O-]. The molecule has 0 unspecified atom stereocenters. The van der Waals surface area contributed by atoms with Crippen LogP contribution in [0.25, 0.3) is 4.96 Å². The van der Waals surface area contributed by atoms with Crippen molar-refractivity contribution in [3.63, 3.8) is 0 Å². The number of nitro groups is 1. The number of hydrogen-bond donors (Lipinski definition) is 1. The van der Waals surface area contributed by atoms with Crippen LogP contribution in [0, 0.1) is 10.1 Å². The van der Waals surface area contributed by atoms with Crippen LogP contribution < -0.4 is 4.90 Å². The molecule has 1 fully saturated rings. The predicted octanol–water partition coefficient (Wildman–Crippen LogP) is 1.28. The molecule has 0 saturated carbocycles. The Morgan fingerprint density at radius 2 is 2.33 bits per heavy atom. The van der Waals surface area contributed by atoms with Crippen molar-refractivity contribution in [1.29, 1.82) is 0 Å². The third kappa shape index (κ3) is 2.59. The van der Waals surface area contributed by atoms with Gasteiger partial charge in [0.2, 0.25) is 5.82 Å². The second kappa shape index (κ2) is 5.24. The second-order valence-corrected chi connectivity index (χ2v) is 6.14. The molecular weight excluding hydrogens is 296 g/mol. The highest BCUT2D eigenvalue weighted by Crippen LogP contribution is 2.32. The van der Waals surface area contributed by atoms with Crippen molar-refractivity contribution in [1.82, 2.24) is 9.38 Å². The van der Waals surface area contributed by atoms with E-state index in [1.165, 1.54) is 15.7 Å². The van der Waals surface area contributed by atoms with Gasteiger partial charge in [-0.2, -0.15) is 9.38 Å². The normalized spacial score (nSPS) is 18.0. The van der Waals surface area contributed by atoms with Crippen molar-refractivity contribution < 1.29 is 14.8 Å². The number of nitrogens with zero attached hydrogens (tertiary/aromatic N) is 4. The Labute approximate surface area is 124 Å². The standard InChI is InChI=1S/C12H16N4O4S/c1-14(8-12(17)2-5-20-6-3-12)9-10(16(18)19)15-4-7-21-11(15)13-9/h4,7,17H,2-3,5-6,8H2,1H3. The van der Waals surface area contributed by atoms with Crippen molar-refractivity contribution in [2.45, 2.75) is 18.4 Å². The molecule has 3 rings (SSSR count). The van der Waals surface area contributed by atoms with Crippen LogP contribution in [0.5, 0.6) is 0 Å². The molecule has 9 heteroatoms. The van der Waals surface area contributed by atoms with Gasteiger partial charge in [0.25, 0.3) is 4.96 Å². The van der Waals surface area contributed by atoms with Crippen LogP contribution >= 0.6 is 11.3 Å². The minimum atomic E-state index is -0.891. The second-order valence-electron chi connectivity index (χ2n) is 5.26. The van der Waals surface area contributed by atoms with Gasteiger partial charge in [0.1, 0.15) is 6.20 Å². The Hall–Kier alpha value is -1.71. The van der Waals surface area contributed by atoms with Crippen molar-refractivity contribution >= 4 is 27.9 Å². The van der Waals surface area contributed by atoms with Gasteiger partial charge < -0.3 is 24.9 Å². The number of fused-ring (bicyclic) bond motifs is 1. The van der Waals surface area contributed by atoms with E-state index in [2.05, 4.69) is 4.98 Å². The van der Waals surface area contributed by atoms with Gasteiger partial charge in [-0.25, -0.2) is 0 Å². The van der Waals surface area contributed by atoms with Gasteiger partial charge in [0.05, 0.1) is 5.60 Å². The average molecular weight is 312 g/mol. The Morgan fingerprint density at radius 3 is 3.00 bits per heavy atom. The third-order valence-corrected chi connectivity index (χ3v) is 4.47. The molecule has 2 aromatic heterocycles. The fraction of sp³-hybridized carbons (Fsp3) is 0.583. The molecule has 1 saturated heterocycles. The Kier molecular flexibility index (Phi) is 3.56. The molecule has 0 spiro atoms. The van der Waals surface area contributed by atoms with Crippen LogP contribution in [0.1, 0.15) is 12.8 Å². The van der Waals surface area contributed by atoms with E-state index in [1.807, 2.05) is 0 Å². The van der Waals surface area contributed by atoms with E-state index < -0.39 is 10.5 Å². The quantitative estimate of drug-likeness (QED) is 0.675. The lowest BCUT2D eigenvalue weighted by atomic mass is 9.94. The van der Waals surface area contributed by atoms with Crippen LogP contribution in [0.15, 0.2) is 11.6 Å². The van der Waals surface area contributed by atoms with Gasteiger partial charge in [-0.05, 0) is 4.92 Å². The molecular formula is C12H16N4O4S. The maximum atomic E-state index is 11.3. The Balaban J connectivity index is 1.90. The molecule has 0 bridgehead atoms. The molecule has 0 atom stereocenters. The molecule has 8 nitrogen and oxygen atoms in total. The minimum absolute atomic E-state index is 0.0654. The maximum Gasteiger partial charge on any atom is 0.373 e. The highest BCUT2D eigenvalue weighted by molar-refractivity contribution is 7.15. The lowest BCUT2D eigenvalue weighted by Gasteiger charge is -2.35. The summed E-state index contributed by atoms with van der Waals surface area (Å²) >= 11 is 1.34. The lowest BCUT2D eigenvalue weighted by molar-refractivity contribution is -0.389. The van der Waals surface area contributed by atoms with E-state index >= 15 is 0 Å². The zero-order valence-corrected chi connectivity index (χ0v) is 12.4. The molecule has 3 heterocycles. The van der Waals surface area contributed by atoms with E-state index in [0.29, 0.717) is 37.6 Å². The summed E-state index contributed by atoms with van der Waals surface area (Å²) < 4.78 is 6.71. The Bertz CT molecular complexity index is 661. The number of ether oxygens (including phenoxy) is 1. The summed E-state index contributed by atoms with van der Waals surface area (Å²) in [6.07, 6.45) is 2.67. The van der Waals surface area contributed by atoms with Gasteiger partial charge in [-0.3, -0.25) is 0 Å². The van der Waals surface area contributed by atoms with Crippen molar-refractivity contribution in [3.05, 3.63) is 21.7 Å². The lowest BCUT2D eigenvalue weighted by Crippen LogP contribution is -2.46. The summed E-state index contributed by atoms with van der Waals surface area (Å²) in [6, 6.07) is 0. The Morgan fingerprint density at radius 1 is 1.62 bits per heavy atom. The van der Waals surface area contributed by atoms with Crippen molar-refractivity contribution in [2.75, 3.05) is 31.7 Å². The summed E-state index contributed by atoms with van der Waals surface area (Å²) in [5.41, 5.74) is -0.891. The number of imidazole rings is 1. The summed E-state index contributed by atoms with van der Waals surface area (Å²) in [7, 11) is 1.72. The van der Waals surface area contributed by atoms with Crippen LogP contribution in [0.2, 0.25) is 0 Å². The largest absolute Gasteiger partial charge is 0.388 e. The van der Waals surface area contributed by atoms with Gasteiger partial charge in [0, 0.05) is 45.0 Å². The highest BCUT2D eigenvalue weighted by Gasteiger charge is 2.34. The number of hydrogen-bond acceptors (Lipinski definition) is 7. The summed E-state index contributed by atoms with van der Waals surface area (Å²) in [5, 5.41) is 23.6. The molecule has 114 valence electrons. The molecule has 0 amide bonds.